The molecule has 16 heavy (non-hydrogen) atoms. The number of rotatable bonds is 4. The molecular weight excluding hydrogens is 231 g/mol. The number of halogens is 1. The fourth-order valence-corrected chi connectivity index (χ4v) is 2.27. The lowest BCUT2D eigenvalue weighted by Crippen LogP contribution is -2.16. The maximum Gasteiger partial charge on any atom is 0.232 e. The van der Waals surface area contributed by atoms with Crippen molar-refractivity contribution < 1.29 is 12.8 Å². The van der Waals surface area contributed by atoms with Crippen LogP contribution in [0.15, 0.2) is 12.1 Å². The predicted octanol–water partition coefficient (Wildman–Crippen LogP) is 1.65. The highest BCUT2D eigenvalue weighted by atomic mass is 32.2. The van der Waals surface area contributed by atoms with Gasteiger partial charge in [-0.3, -0.25) is 4.72 Å². The Morgan fingerprint density at radius 2 is 2.31 bits per heavy atom. The van der Waals surface area contributed by atoms with Crippen molar-refractivity contribution in [3.8, 4) is 6.07 Å². The molecule has 1 aromatic rings. The highest BCUT2D eigenvalue weighted by Gasteiger charge is 2.12. The highest BCUT2D eigenvalue weighted by Crippen LogP contribution is 2.17. The smallest absolute Gasteiger partial charge is 0.232 e. The van der Waals surface area contributed by atoms with E-state index in [9.17, 15) is 12.8 Å². The van der Waals surface area contributed by atoms with Crippen molar-refractivity contribution in [3.63, 3.8) is 0 Å². The molecule has 1 rings (SSSR count). The van der Waals surface area contributed by atoms with Crippen LogP contribution in [0, 0.1) is 23.2 Å². The molecule has 0 heterocycles. The van der Waals surface area contributed by atoms with Crippen LogP contribution in [0.4, 0.5) is 10.1 Å². The summed E-state index contributed by atoms with van der Waals surface area (Å²) in [4.78, 5) is 0. The van der Waals surface area contributed by atoms with Gasteiger partial charge < -0.3 is 0 Å². The highest BCUT2D eigenvalue weighted by molar-refractivity contribution is 7.92. The summed E-state index contributed by atoms with van der Waals surface area (Å²) in [6.45, 7) is 1.72. The van der Waals surface area contributed by atoms with Gasteiger partial charge in [0.2, 0.25) is 10.0 Å². The van der Waals surface area contributed by atoms with Gasteiger partial charge in [-0.25, -0.2) is 12.8 Å². The summed E-state index contributed by atoms with van der Waals surface area (Å²) in [5.41, 5.74) is -0.00622. The Hall–Kier alpha value is -1.61. The lowest BCUT2D eigenvalue weighted by atomic mass is 10.2. The molecule has 1 N–H and O–H groups in total. The molecule has 0 aliphatic heterocycles. The molecule has 0 bridgehead atoms. The summed E-state index contributed by atoms with van der Waals surface area (Å²) in [6.07, 6.45) is 0.460. The average Bonchev–Trinajstić information content (AvgIpc) is 2.20. The first-order valence-electron chi connectivity index (χ1n) is 4.60. The van der Waals surface area contributed by atoms with E-state index in [0.717, 1.165) is 12.1 Å². The van der Waals surface area contributed by atoms with Gasteiger partial charge in [0.1, 0.15) is 11.9 Å². The van der Waals surface area contributed by atoms with Crippen LogP contribution < -0.4 is 4.72 Å². The molecule has 0 spiro atoms. The number of anilines is 1. The number of hydrogen-bond acceptors (Lipinski definition) is 3. The van der Waals surface area contributed by atoms with Crippen LogP contribution in [0.25, 0.3) is 0 Å². The van der Waals surface area contributed by atoms with Gasteiger partial charge in [0.05, 0.1) is 17.0 Å². The summed E-state index contributed by atoms with van der Waals surface area (Å²) < 4.78 is 37.8. The van der Waals surface area contributed by atoms with Crippen molar-refractivity contribution in [1.29, 1.82) is 5.26 Å². The molecule has 6 heteroatoms. The molecule has 0 amide bonds. The minimum Gasteiger partial charge on any atom is -0.282 e. The van der Waals surface area contributed by atoms with Gasteiger partial charge in [0, 0.05) is 6.07 Å². The van der Waals surface area contributed by atoms with E-state index in [2.05, 4.69) is 10.8 Å². The van der Waals surface area contributed by atoms with E-state index in [1.807, 2.05) is 0 Å². The number of nitrogens with one attached hydrogen (secondary N) is 1. The van der Waals surface area contributed by atoms with Gasteiger partial charge in [0.25, 0.3) is 0 Å². The zero-order chi connectivity index (χ0) is 12.2. The Bertz CT molecular complexity index is 520. The average molecular weight is 241 g/mol. The van der Waals surface area contributed by atoms with Crippen molar-refractivity contribution in [2.24, 2.45) is 0 Å². The van der Waals surface area contributed by atoms with Crippen molar-refractivity contribution in [3.05, 3.63) is 29.6 Å². The SMILES string of the molecule is CCCS(=O)(=O)Nc1c[c]c(F)cc1C#N. The third-order valence-corrected chi connectivity index (χ3v) is 3.25. The number of sulfonamides is 1. The molecule has 0 unspecified atom stereocenters. The molecule has 1 aromatic carbocycles. The summed E-state index contributed by atoms with van der Waals surface area (Å²) in [6, 6.07) is 5.96. The third-order valence-electron chi connectivity index (χ3n) is 1.77. The zero-order valence-electron chi connectivity index (χ0n) is 8.62. The molecule has 0 saturated heterocycles. The van der Waals surface area contributed by atoms with Crippen LogP contribution in [-0.4, -0.2) is 14.2 Å². The first-order chi connectivity index (χ1) is 7.48. The van der Waals surface area contributed by atoms with E-state index in [-0.39, 0.29) is 17.0 Å². The second-order valence-electron chi connectivity index (χ2n) is 3.14. The largest absolute Gasteiger partial charge is 0.282 e. The third kappa shape index (κ3) is 3.21. The summed E-state index contributed by atoms with van der Waals surface area (Å²) in [7, 11) is -3.47. The van der Waals surface area contributed by atoms with E-state index in [4.69, 9.17) is 5.26 Å². The normalized spacial score (nSPS) is 10.8. The maximum atomic E-state index is 12.7. The van der Waals surface area contributed by atoms with Crippen LogP contribution in [0.2, 0.25) is 0 Å². The topological polar surface area (TPSA) is 70.0 Å². The maximum absolute atomic E-state index is 12.7. The van der Waals surface area contributed by atoms with E-state index in [1.54, 1.807) is 13.0 Å². The first kappa shape index (κ1) is 12.5. The molecule has 0 aliphatic rings. The first-order valence-corrected chi connectivity index (χ1v) is 6.25. The van der Waals surface area contributed by atoms with Crippen LogP contribution in [0.1, 0.15) is 18.9 Å². The number of hydrogen-bond donors (Lipinski definition) is 1. The minimum absolute atomic E-state index is 0.0464. The lowest BCUT2D eigenvalue weighted by Gasteiger charge is -2.07. The van der Waals surface area contributed by atoms with E-state index < -0.39 is 15.8 Å². The van der Waals surface area contributed by atoms with E-state index >= 15 is 0 Å². The van der Waals surface area contributed by atoms with Gasteiger partial charge in [0.15, 0.2) is 0 Å². The van der Waals surface area contributed by atoms with Crippen molar-refractivity contribution in [2.75, 3.05) is 10.5 Å². The van der Waals surface area contributed by atoms with Gasteiger partial charge in [-0.15, -0.1) is 0 Å². The number of benzene rings is 1. The van der Waals surface area contributed by atoms with Gasteiger partial charge in [-0.1, -0.05) is 6.92 Å². The van der Waals surface area contributed by atoms with Crippen LogP contribution in [0.5, 0.6) is 0 Å². The van der Waals surface area contributed by atoms with Crippen molar-refractivity contribution >= 4 is 15.7 Å². The van der Waals surface area contributed by atoms with Gasteiger partial charge in [-0.2, -0.15) is 5.26 Å². The fourth-order valence-electron chi connectivity index (χ4n) is 1.13. The molecule has 0 fully saturated rings. The molecule has 0 aliphatic carbocycles. The second-order valence-corrected chi connectivity index (χ2v) is 4.98. The molecule has 0 saturated carbocycles. The standard InChI is InChI=1S/C10H10FN2O2S/c1-2-5-16(14,15)13-10-4-3-9(11)6-8(10)7-12/h4,6,13H,2,5H2,1H3. The summed E-state index contributed by atoms with van der Waals surface area (Å²) >= 11 is 0. The van der Waals surface area contributed by atoms with Crippen molar-refractivity contribution in [2.45, 2.75) is 13.3 Å². The quantitative estimate of drug-likeness (QED) is 0.871. The second kappa shape index (κ2) is 4.94. The number of nitrogens with zero attached hydrogens (tertiary/aromatic N) is 1. The minimum atomic E-state index is -3.47. The molecule has 0 aromatic heterocycles. The Kier molecular flexibility index (Phi) is 3.85. The van der Waals surface area contributed by atoms with Gasteiger partial charge in [-0.05, 0) is 18.6 Å². The molecular formula is C10H10FN2O2S. The zero-order valence-corrected chi connectivity index (χ0v) is 9.44. The predicted molar refractivity (Wildman–Crippen MR) is 57.7 cm³/mol. The Balaban J connectivity index is 3.03. The van der Waals surface area contributed by atoms with E-state index in [1.165, 1.54) is 0 Å². The summed E-state index contributed by atoms with van der Waals surface area (Å²) in [5.74, 6) is -0.745. The number of nitriles is 1. The lowest BCUT2D eigenvalue weighted by molar-refractivity contribution is 0.599. The fraction of sp³-hybridized carbons (Fsp3) is 0.300. The Morgan fingerprint density at radius 3 is 2.88 bits per heavy atom. The van der Waals surface area contributed by atoms with Crippen LogP contribution in [-0.2, 0) is 10.0 Å². The Morgan fingerprint density at radius 1 is 1.62 bits per heavy atom. The van der Waals surface area contributed by atoms with Crippen LogP contribution >= 0.6 is 0 Å². The monoisotopic (exact) mass is 241 g/mol. The molecule has 0 atom stereocenters. The van der Waals surface area contributed by atoms with E-state index in [0.29, 0.717) is 6.42 Å². The molecule has 4 nitrogen and oxygen atoms in total. The van der Waals surface area contributed by atoms with Crippen LogP contribution in [0.3, 0.4) is 0 Å². The molecule has 1 radical (unpaired) electrons. The van der Waals surface area contributed by atoms with Crippen molar-refractivity contribution in [1.82, 2.24) is 0 Å². The van der Waals surface area contributed by atoms with Gasteiger partial charge >= 0.3 is 0 Å². The molecule has 85 valence electrons. The summed E-state index contributed by atoms with van der Waals surface area (Å²) in [5, 5.41) is 8.70. The Labute approximate surface area is 93.8 Å².